The summed E-state index contributed by atoms with van der Waals surface area (Å²) >= 11 is 1.79. The fraction of sp³-hybridized carbons (Fsp3) is 0.733. The Morgan fingerprint density at radius 2 is 2.14 bits per heavy atom. The van der Waals surface area contributed by atoms with E-state index in [9.17, 15) is 8.42 Å². The number of nitrogens with zero attached hydrogens (tertiary/aromatic N) is 1. The van der Waals surface area contributed by atoms with Crippen LogP contribution in [0, 0.1) is 0 Å². The molecule has 1 unspecified atom stereocenters. The van der Waals surface area contributed by atoms with Crippen molar-refractivity contribution in [3.63, 3.8) is 0 Å². The molecule has 0 radical (unpaired) electrons. The maximum absolute atomic E-state index is 12.0. The van der Waals surface area contributed by atoms with Gasteiger partial charge in [0.2, 0.25) is 10.0 Å². The normalized spacial score (nSPS) is 19.7. The van der Waals surface area contributed by atoms with Crippen LogP contribution in [0.4, 0.5) is 0 Å². The smallest absolute Gasteiger partial charge is 0.214 e. The highest BCUT2D eigenvalue weighted by molar-refractivity contribution is 7.89. The fourth-order valence-electron chi connectivity index (χ4n) is 2.88. The van der Waals surface area contributed by atoms with E-state index in [4.69, 9.17) is 0 Å². The van der Waals surface area contributed by atoms with E-state index < -0.39 is 10.0 Å². The molecule has 120 valence electrons. The predicted octanol–water partition coefficient (Wildman–Crippen LogP) is 2.47. The van der Waals surface area contributed by atoms with Crippen LogP contribution >= 0.6 is 11.3 Å². The molecule has 0 spiro atoms. The Morgan fingerprint density at radius 3 is 2.71 bits per heavy atom. The van der Waals surface area contributed by atoms with Crippen LogP contribution in [0.25, 0.3) is 0 Å². The molecule has 0 amide bonds. The molecule has 1 aliphatic rings. The lowest BCUT2D eigenvalue weighted by molar-refractivity contribution is 0.276. The van der Waals surface area contributed by atoms with Gasteiger partial charge in [-0.1, -0.05) is 13.0 Å². The quantitative estimate of drug-likeness (QED) is 0.835. The number of thiophene rings is 1. The van der Waals surface area contributed by atoms with Crippen molar-refractivity contribution in [2.45, 2.75) is 51.6 Å². The van der Waals surface area contributed by atoms with E-state index in [2.05, 4.69) is 29.8 Å². The van der Waals surface area contributed by atoms with Gasteiger partial charge in [-0.3, -0.25) is 0 Å². The van der Waals surface area contributed by atoms with Crippen molar-refractivity contribution in [3.05, 3.63) is 22.4 Å². The van der Waals surface area contributed by atoms with Gasteiger partial charge in [0.25, 0.3) is 0 Å². The first-order chi connectivity index (χ1) is 10.0. The first-order valence-electron chi connectivity index (χ1n) is 7.77. The molecule has 4 nitrogen and oxygen atoms in total. The van der Waals surface area contributed by atoms with Gasteiger partial charge >= 0.3 is 0 Å². The van der Waals surface area contributed by atoms with Gasteiger partial charge < -0.3 is 5.32 Å². The molecule has 0 bridgehead atoms. The lowest BCUT2D eigenvalue weighted by atomic mass is 10.0. The fourth-order valence-corrected chi connectivity index (χ4v) is 5.26. The molecule has 1 aliphatic heterocycles. The molecule has 0 aromatic carbocycles. The number of hydrogen-bond acceptors (Lipinski definition) is 4. The summed E-state index contributed by atoms with van der Waals surface area (Å²) < 4.78 is 25.7. The Morgan fingerprint density at radius 1 is 1.43 bits per heavy atom. The highest BCUT2D eigenvalue weighted by Crippen LogP contribution is 2.17. The standard InChI is InChI=1S/C15H26N2O2S2/c1-3-11-21(18,19)17-8-6-14(7-9-17)16-13(2)12-15-5-4-10-20-15/h4-5,10,13-14,16H,3,6-9,11-12H2,1-2H3. The minimum atomic E-state index is -3.02. The summed E-state index contributed by atoms with van der Waals surface area (Å²) in [6, 6.07) is 5.13. The van der Waals surface area contributed by atoms with Crippen molar-refractivity contribution in [2.75, 3.05) is 18.8 Å². The van der Waals surface area contributed by atoms with Crippen LogP contribution in [0.5, 0.6) is 0 Å². The predicted molar refractivity (Wildman–Crippen MR) is 89.3 cm³/mol. The molecule has 21 heavy (non-hydrogen) atoms. The zero-order chi connectivity index (χ0) is 15.3. The van der Waals surface area contributed by atoms with Crippen LogP contribution in [0.1, 0.15) is 38.0 Å². The molecule has 1 aromatic rings. The van der Waals surface area contributed by atoms with E-state index in [1.54, 1.807) is 15.6 Å². The molecular formula is C15H26N2O2S2. The monoisotopic (exact) mass is 330 g/mol. The van der Waals surface area contributed by atoms with Crippen LogP contribution in [0.2, 0.25) is 0 Å². The van der Waals surface area contributed by atoms with Crippen molar-refractivity contribution in [1.82, 2.24) is 9.62 Å². The molecule has 2 rings (SSSR count). The van der Waals surface area contributed by atoms with Crippen LogP contribution in [0.15, 0.2) is 17.5 Å². The lowest BCUT2D eigenvalue weighted by Gasteiger charge is -2.33. The van der Waals surface area contributed by atoms with Crippen LogP contribution in [-0.4, -0.2) is 43.6 Å². The summed E-state index contributed by atoms with van der Waals surface area (Å²) in [6.45, 7) is 5.44. The van der Waals surface area contributed by atoms with E-state index in [0.29, 0.717) is 31.6 Å². The average Bonchev–Trinajstić information content (AvgIpc) is 2.92. The minimum Gasteiger partial charge on any atom is -0.311 e. The largest absolute Gasteiger partial charge is 0.311 e. The molecule has 1 N–H and O–H groups in total. The molecule has 2 heterocycles. The second-order valence-corrected chi connectivity index (χ2v) is 8.96. The Balaban J connectivity index is 1.76. The van der Waals surface area contributed by atoms with E-state index in [0.717, 1.165) is 19.3 Å². The number of piperidine rings is 1. The molecular weight excluding hydrogens is 304 g/mol. The van der Waals surface area contributed by atoms with Crippen molar-refractivity contribution in [2.24, 2.45) is 0 Å². The third-order valence-corrected chi connectivity index (χ3v) is 6.89. The molecule has 1 fully saturated rings. The van der Waals surface area contributed by atoms with E-state index in [1.807, 2.05) is 6.92 Å². The van der Waals surface area contributed by atoms with Gasteiger partial charge in [0, 0.05) is 30.1 Å². The summed E-state index contributed by atoms with van der Waals surface area (Å²) in [5.41, 5.74) is 0. The maximum atomic E-state index is 12.0. The van der Waals surface area contributed by atoms with Crippen LogP contribution in [0.3, 0.4) is 0 Å². The number of rotatable bonds is 7. The van der Waals surface area contributed by atoms with E-state index >= 15 is 0 Å². The summed E-state index contributed by atoms with van der Waals surface area (Å²) in [6.07, 6.45) is 3.57. The molecule has 6 heteroatoms. The van der Waals surface area contributed by atoms with Crippen LogP contribution < -0.4 is 5.32 Å². The zero-order valence-electron chi connectivity index (χ0n) is 12.9. The van der Waals surface area contributed by atoms with Crippen molar-refractivity contribution in [3.8, 4) is 0 Å². The van der Waals surface area contributed by atoms with Crippen molar-refractivity contribution >= 4 is 21.4 Å². The number of hydrogen-bond donors (Lipinski definition) is 1. The first-order valence-corrected chi connectivity index (χ1v) is 10.3. The van der Waals surface area contributed by atoms with Crippen LogP contribution in [-0.2, 0) is 16.4 Å². The molecule has 1 aromatic heterocycles. The molecule has 1 saturated heterocycles. The van der Waals surface area contributed by atoms with Gasteiger partial charge in [0.1, 0.15) is 0 Å². The molecule has 1 atom stereocenters. The Hall–Kier alpha value is -0.430. The second-order valence-electron chi connectivity index (χ2n) is 5.84. The van der Waals surface area contributed by atoms with Crippen molar-refractivity contribution < 1.29 is 8.42 Å². The first kappa shape index (κ1) is 16.9. The third-order valence-electron chi connectivity index (χ3n) is 3.92. The topological polar surface area (TPSA) is 49.4 Å². The van der Waals surface area contributed by atoms with Gasteiger partial charge in [0.15, 0.2) is 0 Å². The van der Waals surface area contributed by atoms with Crippen molar-refractivity contribution in [1.29, 1.82) is 0 Å². The van der Waals surface area contributed by atoms with E-state index in [-0.39, 0.29) is 5.75 Å². The average molecular weight is 331 g/mol. The second kappa shape index (κ2) is 7.72. The lowest BCUT2D eigenvalue weighted by Crippen LogP contribution is -2.47. The Labute approximate surface area is 132 Å². The van der Waals surface area contributed by atoms with Gasteiger partial charge in [-0.2, -0.15) is 0 Å². The Bertz CT molecular complexity index is 506. The number of sulfonamides is 1. The summed E-state index contributed by atoms with van der Waals surface area (Å²) in [5, 5.41) is 5.76. The zero-order valence-corrected chi connectivity index (χ0v) is 14.5. The molecule has 0 aliphatic carbocycles. The summed E-state index contributed by atoms with van der Waals surface area (Å²) in [4.78, 5) is 1.40. The van der Waals surface area contributed by atoms with E-state index in [1.165, 1.54) is 4.88 Å². The minimum absolute atomic E-state index is 0.278. The highest BCUT2D eigenvalue weighted by Gasteiger charge is 2.27. The summed E-state index contributed by atoms with van der Waals surface area (Å²) in [7, 11) is -3.02. The third kappa shape index (κ3) is 5.06. The Kier molecular flexibility index (Phi) is 6.22. The van der Waals surface area contributed by atoms with Gasteiger partial charge in [-0.15, -0.1) is 11.3 Å². The van der Waals surface area contributed by atoms with Gasteiger partial charge in [0.05, 0.1) is 5.75 Å². The maximum Gasteiger partial charge on any atom is 0.214 e. The summed E-state index contributed by atoms with van der Waals surface area (Å²) in [5.74, 6) is 0.278. The highest BCUT2D eigenvalue weighted by atomic mass is 32.2. The molecule has 0 saturated carbocycles. The number of nitrogens with one attached hydrogen (secondary N) is 1. The van der Waals surface area contributed by atoms with Gasteiger partial charge in [-0.25, -0.2) is 12.7 Å². The van der Waals surface area contributed by atoms with Gasteiger partial charge in [-0.05, 0) is 44.1 Å². The SMILES string of the molecule is CCCS(=O)(=O)N1CCC(NC(C)Cc2cccs2)CC1.